The van der Waals surface area contributed by atoms with Gasteiger partial charge in [0.25, 0.3) is 0 Å². The summed E-state index contributed by atoms with van der Waals surface area (Å²) in [6.07, 6.45) is 5.15. The lowest BCUT2D eigenvalue weighted by molar-refractivity contribution is -0.123. The maximum atomic E-state index is 11.6. The van der Waals surface area contributed by atoms with Gasteiger partial charge in [-0.25, -0.2) is 0 Å². The molecule has 6 heteroatoms. The van der Waals surface area contributed by atoms with Crippen LogP contribution in [0.3, 0.4) is 0 Å². The first kappa shape index (κ1) is 21.1. The van der Waals surface area contributed by atoms with Crippen LogP contribution in [0.25, 0.3) is 0 Å². The maximum absolute atomic E-state index is 11.6. The fourth-order valence-electron chi connectivity index (χ4n) is 3.07. The molecule has 0 aliphatic heterocycles. The Bertz CT molecular complexity index is 637. The number of nitrogens with one attached hydrogen (secondary N) is 3. The van der Waals surface area contributed by atoms with Gasteiger partial charge in [-0.15, -0.1) is 0 Å². The third-order valence-corrected chi connectivity index (χ3v) is 4.73. The fourth-order valence-corrected chi connectivity index (χ4v) is 3.07. The van der Waals surface area contributed by atoms with Crippen LogP contribution < -0.4 is 20.7 Å². The third kappa shape index (κ3) is 7.12. The number of nitrogens with zero attached hydrogens (tertiary/aromatic N) is 1. The summed E-state index contributed by atoms with van der Waals surface area (Å²) < 4.78 is 6.25. The van der Waals surface area contributed by atoms with Crippen LogP contribution in [-0.2, 0) is 11.3 Å². The summed E-state index contributed by atoms with van der Waals surface area (Å²) in [4.78, 5) is 15.8. The van der Waals surface area contributed by atoms with Gasteiger partial charge >= 0.3 is 0 Å². The van der Waals surface area contributed by atoms with Crippen LogP contribution in [-0.4, -0.2) is 38.1 Å². The Hall–Kier alpha value is -2.24. The first-order valence-corrected chi connectivity index (χ1v) is 9.98. The Morgan fingerprint density at radius 2 is 1.89 bits per heavy atom. The van der Waals surface area contributed by atoms with Gasteiger partial charge in [0.15, 0.2) is 5.96 Å². The number of amides is 1. The van der Waals surface area contributed by atoms with Crippen molar-refractivity contribution in [3.8, 4) is 5.75 Å². The lowest BCUT2D eigenvalue weighted by atomic mass is 10.1. The Balaban J connectivity index is 1.83. The van der Waals surface area contributed by atoms with Gasteiger partial charge in [-0.1, -0.05) is 26.0 Å². The number of hydrogen-bond acceptors (Lipinski definition) is 3. The Labute approximate surface area is 163 Å². The number of aliphatic imine (C=N–C) groups is 1. The van der Waals surface area contributed by atoms with Crippen molar-refractivity contribution in [3.05, 3.63) is 29.3 Å². The van der Waals surface area contributed by atoms with Crippen LogP contribution in [0.5, 0.6) is 5.75 Å². The van der Waals surface area contributed by atoms with Crippen LogP contribution >= 0.6 is 0 Å². The molecule has 0 spiro atoms. The molecule has 1 saturated carbocycles. The largest absolute Gasteiger partial charge is 0.490 e. The molecule has 0 radical (unpaired) electrons. The minimum Gasteiger partial charge on any atom is -0.490 e. The summed E-state index contributed by atoms with van der Waals surface area (Å²) in [5, 5.41) is 9.44. The molecule has 0 atom stereocenters. The second kappa shape index (κ2) is 10.8. The normalized spacial score (nSPS) is 15.1. The van der Waals surface area contributed by atoms with Gasteiger partial charge in [-0.2, -0.15) is 0 Å². The van der Waals surface area contributed by atoms with Crippen LogP contribution in [0.4, 0.5) is 0 Å². The monoisotopic (exact) mass is 374 g/mol. The van der Waals surface area contributed by atoms with E-state index in [1.807, 2.05) is 13.8 Å². The van der Waals surface area contributed by atoms with E-state index in [4.69, 9.17) is 4.74 Å². The quantitative estimate of drug-likeness (QED) is 0.372. The predicted octanol–water partition coefficient (Wildman–Crippen LogP) is 2.75. The second-order valence-corrected chi connectivity index (χ2v) is 7.43. The van der Waals surface area contributed by atoms with Crippen molar-refractivity contribution in [1.82, 2.24) is 16.0 Å². The molecule has 2 rings (SSSR count). The molecular weight excluding hydrogens is 340 g/mol. The molecule has 1 aromatic carbocycles. The average molecular weight is 375 g/mol. The highest BCUT2D eigenvalue weighted by Crippen LogP contribution is 2.27. The van der Waals surface area contributed by atoms with Gasteiger partial charge in [0.2, 0.25) is 5.91 Å². The first-order chi connectivity index (χ1) is 13.0. The lowest BCUT2D eigenvalue weighted by Crippen LogP contribution is -2.41. The molecule has 3 N–H and O–H groups in total. The number of aryl methyl sites for hydroxylation is 1. The van der Waals surface area contributed by atoms with E-state index in [0.717, 1.165) is 24.2 Å². The van der Waals surface area contributed by atoms with Crippen LogP contribution in [0.2, 0.25) is 0 Å². The molecule has 27 heavy (non-hydrogen) atoms. The first-order valence-electron chi connectivity index (χ1n) is 9.98. The smallest absolute Gasteiger partial charge is 0.222 e. The van der Waals surface area contributed by atoms with Crippen molar-refractivity contribution in [2.75, 3.05) is 20.1 Å². The Morgan fingerprint density at radius 3 is 2.56 bits per heavy atom. The van der Waals surface area contributed by atoms with Gasteiger partial charge in [0.05, 0.1) is 6.10 Å². The number of ether oxygens (including phenoxy) is 1. The van der Waals surface area contributed by atoms with Gasteiger partial charge in [0, 0.05) is 38.2 Å². The van der Waals surface area contributed by atoms with Crippen molar-refractivity contribution in [2.45, 2.75) is 59.1 Å². The number of guanidine groups is 1. The lowest BCUT2D eigenvalue weighted by Gasteiger charge is -2.18. The number of rotatable bonds is 8. The fraction of sp³-hybridized carbons (Fsp3) is 0.619. The molecule has 1 aliphatic carbocycles. The molecule has 1 amide bonds. The highest BCUT2D eigenvalue weighted by molar-refractivity contribution is 5.80. The zero-order valence-electron chi connectivity index (χ0n) is 17.1. The molecule has 0 saturated heterocycles. The van der Waals surface area contributed by atoms with E-state index in [-0.39, 0.29) is 11.8 Å². The number of carbonyl (C=O) groups is 1. The van der Waals surface area contributed by atoms with Crippen molar-refractivity contribution in [1.29, 1.82) is 0 Å². The van der Waals surface area contributed by atoms with Gasteiger partial charge in [-0.3, -0.25) is 9.79 Å². The summed E-state index contributed by atoms with van der Waals surface area (Å²) in [6, 6.07) is 6.34. The molecule has 0 bridgehead atoms. The van der Waals surface area contributed by atoms with Crippen LogP contribution in [0, 0.1) is 12.8 Å². The molecule has 0 unspecified atom stereocenters. The zero-order valence-corrected chi connectivity index (χ0v) is 17.1. The zero-order chi connectivity index (χ0) is 19.6. The SMILES string of the molecule is CN=C(NCCNC(=O)C(C)C)NCc1ccc(C)cc1OC1CCCC1. The maximum Gasteiger partial charge on any atom is 0.222 e. The molecule has 0 aromatic heterocycles. The van der Waals surface area contributed by atoms with Gasteiger partial charge < -0.3 is 20.7 Å². The average Bonchev–Trinajstić information content (AvgIpc) is 3.15. The van der Waals surface area contributed by atoms with Crippen LogP contribution in [0.1, 0.15) is 50.7 Å². The van der Waals surface area contributed by atoms with E-state index in [1.54, 1.807) is 7.05 Å². The van der Waals surface area contributed by atoms with Gasteiger partial charge in [-0.05, 0) is 44.2 Å². The minimum absolute atomic E-state index is 0.00210. The summed E-state index contributed by atoms with van der Waals surface area (Å²) in [6.45, 7) is 7.69. The molecule has 6 nitrogen and oxygen atoms in total. The molecule has 1 aromatic rings. The molecule has 0 heterocycles. The van der Waals surface area contributed by atoms with E-state index < -0.39 is 0 Å². The summed E-state index contributed by atoms with van der Waals surface area (Å²) in [7, 11) is 1.74. The standard InChI is InChI=1S/C21H34N4O2/c1-15(2)20(26)23-11-12-24-21(22-4)25-14-17-10-9-16(3)13-19(17)27-18-7-5-6-8-18/h9-10,13,15,18H,5-8,11-12,14H2,1-4H3,(H,23,26)(H2,22,24,25). The van der Waals surface area contributed by atoms with Crippen molar-refractivity contribution < 1.29 is 9.53 Å². The van der Waals surface area contributed by atoms with Crippen molar-refractivity contribution in [3.63, 3.8) is 0 Å². The topological polar surface area (TPSA) is 74.8 Å². The van der Waals surface area contributed by atoms with E-state index in [1.165, 1.54) is 18.4 Å². The molecule has 1 aliphatic rings. The summed E-state index contributed by atoms with van der Waals surface area (Å²) in [5.41, 5.74) is 2.33. The van der Waals surface area contributed by atoms with Crippen molar-refractivity contribution in [2.24, 2.45) is 10.9 Å². The number of hydrogen-bond donors (Lipinski definition) is 3. The predicted molar refractivity (Wildman–Crippen MR) is 110 cm³/mol. The van der Waals surface area contributed by atoms with Crippen LogP contribution in [0.15, 0.2) is 23.2 Å². The summed E-state index contributed by atoms with van der Waals surface area (Å²) in [5.74, 6) is 1.74. The van der Waals surface area contributed by atoms with E-state index in [9.17, 15) is 4.79 Å². The third-order valence-electron chi connectivity index (χ3n) is 4.73. The highest BCUT2D eigenvalue weighted by atomic mass is 16.5. The van der Waals surface area contributed by atoms with Crippen molar-refractivity contribution >= 4 is 11.9 Å². The molecular formula is C21H34N4O2. The summed E-state index contributed by atoms with van der Waals surface area (Å²) >= 11 is 0. The second-order valence-electron chi connectivity index (χ2n) is 7.43. The number of carbonyl (C=O) groups excluding carboxylic acids is 1. The Morgan fingerprint density at radius 1 is 1.19 bits per heavy atom. The Kier molecular flexibility index (Phi) is 8.43. The molecule has 150 valence electrons. The van der Waals surface area contributed by atoms with E-state index in [2.05, 4.69) is 46.1 Å². The van der Waals surface area contributed by atoms with E-state index in [0.29, 0.717) is 31.7 Å². The minimum atomic E-state index is 0.00210. The van der Waals surface area contributed by atoms with E-state index >= 15 is 0 Å². The number of benzene rings is 1. The molecule has 1 fully saturated rings. The van der Waals surface area contributed by atoms with Gasteiger partial charge in [0.1, 0.15) is 5.75 Å². The highest BCUT2D eigenvalue weighted by Gasteiger charge is 2.18.